The van der Waals surface area contributed by atoms with Gasteiger partial charge in [0.1, 0.15) is 0 Å². The molecule has 0 atom stereocenters. The summed E-state index contributed by atoms with van der Waals surface area (Å²) in [6.07, 6.45) is 13.1. The molecule has 0 unspecified atom stereocenters. The molecule has 3 heteroatoms. The summed E-state index contributed by atoms with van der Waals surface area (Å²) in [6, 6.07) is 20.9. The van der Waals surface area contributed by atoms with Gasteiger partial charge in [-0.2, -0.15) is 34.4 Å². The van der Waals surface area contributed by atoms with Gasteiger partial charge in [-0.25, -0.2) is 0 Å². The largest absolute Gasteiger partial charge is 4.00 e. The molecule has 0 aromatic heterocycles. The number of hydrogen-bond donors (Lipinski definition) is 0. The molecule has 0 N–H and O–H groups in total. The summed E-state index contributed by atoms with van der Waals surface area (Å²) < 4.78 is 0. The molecule has 0 spiro atoms. The quantitative estimate of drug-likeness (QED) is 0.557. The Morgan fingerprint density at radius 3 is 1.19 bits per heavy atom. The van der Waals surface area contributed by atoms with Crippen LogP contribution in [0.3, 0.4) is 0 Å². The minimum absolute atomic E-state index is 0. The van der Waals surface area contributed by atoms with Gasteiger partial charge in [-0.3, -0.25) is 0 Å². The van der Waals surface area contributed by atoms with E-state index in [1.807, 2.05) is 12.1 Å². The summed E-state index contributed by atoms with van der Waals surface area (Å²) in [7, 11) is 0. The van der Waals surface area contributed by atoms with E-state index < -0.39 is 0 Å². The summed E-state index contributed by atoms with van der Waals surface area (Å²) in [4.78, 5) is 0. The summed E-state index contributed by atoms with van der Waals surface area (Å²) in [5, 5.41) is 0. The van der Waals surface area contributed by atoms with E-state index in [1.54, 1.807) is 0 Å². The Morgan fingerprint density at radius 2 is 0.926 bits per heavy atom. The number of hydrogen-bond acceptors (Lipinski definition) is 0. The average molecular weight is 473 g/mol. The van der Waals surface area contributed by atoms with Crippen molar-refractivity contribution < 1.29 is 51.0 Å². The maximum absolute atomic E-state index is 3.35. The third-order valence-corrected chi connectivity index (χ3v) is 4.29. The van der Waals surface area contributed by atoms with Crippen molar-refractivity contribution in [2.24, 2.45) is 0 Å². The number of rotatable bonds is 2. The molecule has 0 bridgehead atoms. The Kier molecular flexibility index (Phi) is 12.6. The predicted molar refractivity (Wildman–Crippen MR) is 103 cm³/mol. The Labute approximate surface area is 195 Å². The molecule has 136 valence electrons. The van der Waals surface area contributed by atoms with Crippen molar-refractivity contribution >= 4 is 11.1 Å². The van der Waals surface area contributed by atoms with E-state index in [0.29, 0.717) is 0 Å². The van der Waals surface area contributed by atoms with Gasteiger partial charge in [0.15, 0.2) is 0 Å². The molecule has 0 fully saturated rings. The second-order valence-corrected chi connectivity index (χ2v) is 6.02. The maximum Gasteiger partial charge on any atom is 4.00 e. The molecule has 2 aliphatic rings. The standard InChI is InChI=1S/2C12H11.2ClH.Zr/c2*1-10-6-5-9-12(10)11-7-3-2-4-8-11;;;/h2*2-4,6-8H,5H2,1H3;2*1H;/q2*-1;;;+4/p-2. The van der Waals surface area contributed by atoms with Crippen LogP contribution in [0.4, 0.5) is 0 Å². The average Bonchev–Trinajstić information content (AvgIpc) is 3.25. The molecular formula is C24H22Cl2Zr. The van der Waals surface area contributed by atoms with Crippen LogP contribution in [0.15, 0.2) is 84.0 Å². The molecule has 0 saturated heterocycles. The van der Waals surface area contributed by atoms with Crippen molar-refractivity contribution in [3.63, 3.8) is 0 Å². The molecule has 0 aliphatic heterocycles. The van der Waals surface area contributed by atoms with Gasteiger partial charge in [0.25, 0.3) is 0 Å². The Balaban J connectivity index is 0.000000451. The molecule has 0 nitrogen and oxygen atoms in total. The SMILES string of the molecule is CC1=CC[C-]=C1c1ccccc1.CC1=CC[C-]=C1c1ccccc1.[Cl-].[Cl-].[Zr+4]. The van der Waals surface area contributed by atoms with Crippen molar-refractivity contribution in [2.45, 2.75) is 26.7 Å². The van der Waals surface area contributed by atoms with E-state index in [1.165, 1.54) is 33.4 Å². The summed E-state index contributed by atoms with van der Waals surface area (Å²) in [5.41, 5.74) is 7.81. The molecule has 2 aromatic rings. The molecule has 0 amide bonds. The fourth-order valence-electron chi connectivity index (χ4n) is 2.96. The summed E-state index contributed by atoms with van der Waals surface area (Å²) >= 11 is 0. The first-order valence-corrected chi connectivity index (χ1v) is 8.42. The topological polar surface area (TPSA) is 0 Å². The second-order valence-electron chi connectivity index (χ2n) is 6.02. The van der Waals surface area contributed by atoms with Crippen LogP contribution in [-0.4, -0.2) is 0 Å². The molecule has 0 radical (unpaired) electrons. The van der Waals surface area contributed by atoms with Crippen molar-refractivity contribution in [3.05, 3.63) is 107 Å². The van der Waals surface area contributed by atoms with Crippen LogP contribution >= 0.6 is 0 Å². The van der Waals surface area contributed by atoms with Crippen molar-refractivity contribution in [2.75, 3.05) is 0 Å². The van der Waals surface area contributed by atoms with E-state index in [2.05, 4.69) is 86.7 Å². The van der Waals surface area contributed by atoms with Gasteiger partial charge in [-0.1, -0.05) is 63.1 Å². The van der Waals surface area contributed by atoms with Gasteiger partial charge < -0.3 is 24.8 Å². The van der Waals surface area contributed by atoms with Gasteiger partial charge in [0.2, 0.25) is 0 Å². The fraction of sp³-hybridized carbons (Fsp3) is 0.167. The normalized spacial score (nSPS) is 14.0. The Morgan fingerprint density at radius 1 is 0.593 bits per heavy atom. The first-order chi connectivity index (χ1) is 11.8. The van der Waals surface area contributed by atoms with Crippen LogP contribution in [0, 0.1) is 12.2 Å². The molecule has 0 heterocycles. The monoisotopic (exact) mass is 470 g/mol. The van der Waals surface area contributed by atoms with Gasteiger partial charge >= 0.3 is 26.2 Å². The molecule has 4 rings (SSSR count). The zero-order chi connectivity index (χ0) is 16.8. The Hall–Kier alpha value is -1.14. The zero-order valence-corrected chi connectivity index (χ0v) is 19.6. The fourth-order valence-corrected chi connectivity index (χ4v) is 2.96. The van der Waals surface area contributed by atoms with Gasteiger partial charge in [-0.05, 0) is 0 Å². The first kappa shape index (κ1) is 25.9. The second kappa shape index (κ2) is 13.1. The van der Waals surface area contributed by atoms with Crippen LogP contribution < -0.4 is 24.8 Å². The molecule has 0 saturated carbocycles. The van der Waals surface area contributed by atoms with E-state index in [4.69, 9.17) is 0 Å². The van der Waals surface area contributed by atoms with Crippen molar-refractivity contribution in [1.82, 2.24) is 0 Å². The van der Waals surface area contributed by atoms with Crippen LogP contribution in [-0.2, 0) is 26.2 Å². The molecule has 2 aliphatic carbocycles. The number of benzene rings is 2. The van der Waals surface area contributed by atoms with E-state index >= 15 is 0 Å². The minimum Gasteiger partial charge on any atom is -1.00 e. The van der Waals surface area contributed by atoms with Gasteiger partial charge in [-0.15, -0.1) is 47.5 Å². The van der Waals surface area contributed by atoms with Crippen molar-refractivity contribution in [1.29, 1.82) is 0 Å². The molecule has 27 heavy (non-hydrogen) atoms. The third-order valence-electron chi connectivity index (χ3n) is 4.29. The molecule has 2 aromatic carbocycles. The first-order valence-electron chi connectivity index (χ1n) is 8.42. The summed E-state index contributed by atoms with van der Waals surface area (Å²) in [6.45, 7) is 4.28. The van der Waals surface area contributed by atoms with Gasteiger partial charge in [0.05, 0.1) is 0 Å². The number of allylic oxidation sites excluding steroid dienone is 8. The van der Waals surface area contributed by atoms with Crippen LogP contribution in [0.1, 0.15) is 37.8 Å². The Bertz CT molecular complexity index is 744. The maximum atomic E-state index is 3.35. The van der Waals surface area contributed by atoms with Crippen molar-refractivity contribution in [3.8, 4) is 0 Å². The van der Waals surface area contributed by atoms with E-state index in [0.717, 1.165) is 12.8 Å². The van der Waals surface area contributed by atoms with E-state index in [-0.39, 0.29) is 51.0 Å². The zero-order valence-electron chi connectivity index (χ0n) is 15.6. The number of halogens is 2. The van der Waals surface area contributed by atoms with Gasteiger partial charge in [0, 0.05) is 0 Å². The predicted octanol–water partition coefficient (Wildman–Crippen LogP) is 0.452. The van der Waals surface area contributed by atoms with Crippen LogP contribution in [0.25, 0.3) is 11.1 Å². The van der Waals surface area contributed by atoms with Crippen LogP contribution in [0.2, 0.25) is 0 Å². The minimum atomic E-state index is 0. The third kappa shape index (κ3) is 7.07. The molecular weight excluding hydrogens is 450 g/mol. The van der Waals surface area contributed by atoms with Crippen LogP contribution in [0.5, 0.6) is 0 Å². The summed E-state index contributed by atoms with van der Waals surface area (Å²) in [5.74, 6) is 0. The van der Waals surface area contributed by atoms with E-state index in [9.17, 15) is 0 Å². The smallest absolute Gasteiger partial charge is 1.00 e.